The lowest BCUT2D eigenvalue weighted by Crippen LogP contribution is -2.37. The van der Waals surface area contributed by atoms with E-state index >= 15 is 0 Å². The summed E-state index contributed by atoms with van der Waals surface area (Å²) in [7, 11) is 0. The van der Waals surface area contributed by atoms with E-state index in [1.54, 1.807) is 19.1 Å². The highest BCUT2D eigenvalue weighted by Crippen LogP contribution is 2.25. The van der Waals surface area contributed by atoms with Crippen LogP contribution in [-0.2, 0) is 9.59 Å². The van der Waals surface area contributed by atoms with Gasteiger partial charge < -0.3 is 10.4 Å². The molecule has 1 aromatic carbocycles. The van der Waals surface area contributed by atoms with Gasteiger partial charge in [-0.2, -0.15) is 0 Å². The Morgan fingerprint density at radius 1 is 1.25 bits per heavy atom. The monoisotopic (exact) mass is 354 g/mol. The zero-order valence-electron chi connectivity index (χ0n) is 13.9. The van der Waals surface area contributed by atoms with E-state index in [9.17, 15) is 19.7 Å². The summed E-state index contributed by atoms with van der Waals surface area (Å²) in [5.41, 5.74) is -0.00515. The maximum absolute atomic E-state index is 12.1. The summed E-state index contributed by atoms with van der Waals surface area (Å²) in [6.45, 7) is 5.67. The summed E-state index contributed by atoms with van der Waals surface area (Å²) < 4.78 is 0. The van der Waals surface area contributed by atoms with E-state index in [1.807, 2.05) is 13.8 Å². The van der Waals surface area contributed by atoms with Gasteiger partial charge in [0.25, 0.3) is 5.69 Å². The van der Waals surface area contributed by atoms with Gasteiger partial charge in [-0.1, -0.05) is 13.8 Å². The normalized spacial score (nSPS) is 13.3. The molecule has 1 rings (SSSR count). The molecule has 2 atom stereocenters. The third-order valence-electron chi connectivity index (χ3n) is 3.36. The summed E-state index contributed by atoms with van der Waals surface area (Å²) in [5.74, 6) is -1.55. The van der Waals surface area contributed by atoms with Crippen molar-refractivity contribution in [3.05, 3.63) is 34.4 Å². The fourth-order valence-corrected chi connectivity index (χ4v) is 3.00. The molecule has 0 radical (unpaired) electrons. The number of aliphatic carboxylic acids is 1. The van der Waals surface area contributed by atoms with Crippen LogP contribution in [0.1, 0.15) is 27.2 Å². The van der Waals surface area contributed by atoms with Crippen molar-refractivity contribution in [2.45, 2.75) is 37.3 Å². The number of non-ortho nitro benzene ring substituents is 1. The lowest BCUT2D eigenvalue weighted by Gasteiger charge is -2.17. The highest BCUT2D eigenvalue weighted by molar-refractivity contribution is 8.00. The second kappa shape index (κ2) is 9.27. The Morgan fingerprint density at radius 2 is 1.83 bits per heavy atom. The fourth-order valence-electron chi connectivity index (χ4n) is 2.11. The number of hydrogen-bond acceptors (Lipinski definition) is 5. The van der Waals surface area contributed by atoms with Crippen LogP contribution in [0.3, 0.4) is 0 Å². The zero-order valence-corrected chi connectivity index (χ0v) is 14.7. The molecule has 0 bridgehead atoms. The van der Waals surface area contributed by atoms with Gasteiger partial charge in [0.1, 0.15) is 0 Å². The molecule has 1 amide bonds. The van der Waals surface area contributed by atoms with Crippen LogP contribution >= 0.6 is 11.8 Å². The van der Waals surface area contributed by atoms with E-state index in [4.69, 9.17) is 5.11 Å². The van der Waals surface area contributed by atoms with Crippen LogP contribution in [0.25, 0.3) is 0 Å². The highest BCUT2D eigenvalue weighted by atomic mass is 32.2. The Hall–Kier alpha value is -2.09. The minimum absolute atomic E-state index is 0.00515. The molecule has 0 spiro atoms. The lowest BCUT2D eigenvalue weighted by atomic mass is 9.97. The molecule has 0 heterocycles. The SMILES string of the molecule is CC(C)CC(CNC(=O)C(C)Sc1ccc([N+](=O)[O-])cc1)C(=O)O. The molecule has 0 aliphatic carbocycles. The van der Waals surface area contributed by atoms with E-state index < -0.39 is 22.1 Å². The Kier molecular flexibility index (Phi) is 7.70. The van der Waals surface area contributed by atoms with Gasteiger partial charge in [-0.25, -0.2) is 0 Å². The van der Waals surface area contributed by atoms with Crippen molar-refractivity contribution in [3.63, 3.8) is 0 Å². The summed E-state index contributed by atoms with van der Waals surface area (Å²) >= 11 is 1.26. The average Bonchev–Trinajstić information content (AvgIpc) is 2.50. The number of carboxylic acid groups (broad SMARTS) is 1. The molecule has 2 N–H and O–H groups in total. The highest BCUT2D eigenvalue weighted by Gasteiger charge is 2.21. The van der Waals surface area contributed by atoms with E-state index in [2.05, 4.69) is 5.32 Å². The fraction of sp³-hybridized carbons (Fsp3) is 0.500. The first kappa shape index (κ1) is 20.0. The van der Waals surface area contributed by atoms with E-state index in [0.29, 0.717) is 6.42 Å². The van der Waals surface area contributed by atoms with Crippen molar-refractivity contribution in [1.29, 1.82) is 0 Å². The Balaban J connectivity index is 2.54. The molecule has 0 saturated carbocycles. The van der Waals surface area contributed by atoms with Gasteiger partial charge in [-0.15, -0.1) is 11.8 Å². The molecule has 1 aromatic rings. The number of carbonyl (C=O) groups excluding carboxylic acids is 1. The minimum atomic E-state index is -0.917. The smallest absolute Gasteiger partial charge is 0.308 e. The molecule has 0 aliphatic heterocycles. The molecule has 132 valence electrons. The maximum Gasteiger partial charge on any atom is 0.308 e. The van der Waals surface area contributed by atoms with Gasteiger partial charge >= 0.3 is 5.97 Å². The van der Waals surface area contributed by atoms with Gasteiger partial charge in [0.05, 0.1) is 16.1 Å². The first-order valence-electron chi connectivity index (χ1n) is 7.62. The van der Waals surface area contributed by atoms with Gasteiger partial charge in [-0.3, -0.25) is 19.7 Å². The summed E-state index contributed by atoms with van der Waals surface area (Å²) in [4.78, 5) is 34.2. The molecule has 0 aromatic heterocycles. The molecule has 0 aliphatic rings. The molecule has 0 fully saturated rings. The number of carbonyl (C=O) groups is 2. The quantitative estimate of drug-likeness (QED) is 0.401. The average molecular weight is 354 g/mol. The van der Waals surface area contributed by atoms with Crippen LogP contribution in [-0.4, -0.2) is 33.7 Å². The predicted molar refractivity (Wildman–Crippen MR) is 92.0 cm³/mol. The van der Waals surface area contributed by atoms with Crippen LogP contribution in [0.2, 0.25) is 0 Å². The number of amides is 1. The second-order valence-corrected chi connectivity index (χ2v) is 7.34. The Morgan fingerprint density at radius 3 is 2.29 bits per heavy atom. The minimum Gasteiger partial charge on any atom is -0.481 e. The Bertz CT molecular complexity index is 589. The molecule has 0 saturated heterocycles. The number of carboxylic acids is 1. The van der Waals surface area contributed by atoms with Gasteiger partial charge in [0, 0.05) is 23.6 Å². The molecular formula is C16H22N2O5S. The van der Waals surface area contributed by atoms with Crippen LogP contribution < -0.4 is 5.32 Å². The predicted octanol–water partition coefficient (Wildman–Crippen LogP) is 2.94. The van der Waals surface area contributed by atoms with E-state index in [0.717, 1.165) is 4.90 Å². The molecule has 8 heteroatoms. The zero-order chi connectivity index (χ0) is 18.3. The number of nitro benzene ring substituents is 1. The number of benzene rings is 1. The van der Waals surface area contributed by atoms with Crippen molar-refractivity contribution in [1.82, 2.24) is 5.32 Å². The third kappa shape index (κ3) is 6.57. The largest absolute Gasteiger partial charge is 0.481 e. The van der Waals surface area contributed by atoms with Crippen LogP contribution in [0.15, 0.2) is 29.2 Å². The first-order chi connectivity index (χ1) is 11.2. The number of nitrogens with zero attached hydrogens (tertiary/aromatic N) is 1. The van der Waals surface area contributed by atoms with Crippen LogP contribution in [0, 0.1) is 22.0 Å². The van der Waals surface area contributed by atoms with Crippen LogP contribution in [0.4, 0.5) is 5.69 Å². The number of nitro groups is 1. The van der Waals surface area contributed by atoms with Crippen molar-refractivity contribution < 1.29 is 19.6 Å². The van der Waals surface area contributed by atoms with Crippen molar-refractivity contribution >= 4 is 29.3 Å². The van der Waals surface area contributed by atoms with Gasteiger partial charge in [0.15, 0.2) is 0 Å². The number of hydrogen-bond donors (Lipinski definition) is 2. The van der Waals surface area contributed by atoms with E-state index in [-0.39, 0.29) is 24.1 Å². The lowest BCUT2D eigenvalue weighted by molar-refractivity contribution is -0.384. The van der Waals surface area contributed by atoms with Crippen LogP contribution in [0.5, 0.6) is 0 Å². The number of nitrogens with one attached hydrogen (secondary N) is 1. The van der Waals surface area contributed by atoms with Crippen molar-refractivity contribution in [2.75, 3.05) is 6.54 Å². The topological polar surface area (TPSA) is 110 Å². The number of rotatable bonds is 9. The van der Waals surface area contributed by atoms with Crippen molar-refractivity contribution in [2.24, 2.45) is 11.8 Å². The first-order valence-corrected chi connectivity index (χ1v) is 8.50. The Labute approximate surface area is 145 Å². The molecule has 7 nitrogen and oxygen atoms in total. The third-order valence-corrected chi connectivity index (χ3v) is 4.47. The maximum atomic E-state index is 12.1. The van der Waals surface area contributed by atoms with E-state index in [1.165, 1.54) is 23.9 Å². The molecule has 2 unspecified atom stereocenters. The summed E-state index contributed by atoms with van der Waals surface area (Å²) in [6.07, 6.45) is 0.499. The standard InChI is InChI=1S/C16H22N2O5S/c1-10(2)8-12(16(20)21)9-17-15(19)11(3)24-14-6-4-13(5-7-14)18(22)23/h4-7,10-12H,8-9H2,1-3H3,(H,17,19)(H,20,21). The summed E-state index contributed by atoms with van der Waals surface area (Å²) in [6, 6.07) is 5.95. The number of thioether (sulfide) groups is 1. The van der Waals surface area contributed by atoms with Crippen molar-refractivity contribution in [3.8, 4) is 0 Å². The van der Waals surface area contributed by atoms with Gasteiger partial charge in [-0.05, 0) is 31.4 Å². The summed E-state index contributed by atoms with van der Waals surface area (Å²) in [5, 5.41) is 22.0. The van der Waals surface area contributed by atoms with Gasteiger partial charge in [0.2, 0.25) is 5.91 Å². The molecule has 24 heavy (non-hydrogen) atoms. The molecular weight excluding hydrogens is 332 g/mol. The second-order valence-electron chi connectivity index (χ2n) is 5.92.